The first kappa shape index (κ1) is 43.9. The lowest BCUT2D eigenvalue weighted by Gasteiger charge is -2.32. The molecule has 3 aliphatic rings. The zero-order chi connectivity index (χ0) is 41.1. The number of benzene rings is 2. The predicted octanol–water partition coefficient (Wildman–Crippen LogP) is 2.38. The second kappa shape index (κ2) is 19.4. The number of nitrogens with two attached hydrogens (primary N) is 1. The summed E-state index contributed by atoms with van der Waals surface area (Å²) in [6.45, 7) is 6.67. The third-order valence-electron chi connectivity index (χ3n) is 10.5. The minimum Gasteiger partial charge on any atom is -0.330 e. The molecule has 5 rings (SSSR count). The first-order valence-corrected chi connectivity index (χ1v) is 19.6. The van der Waals surface area contributed by atoms with Gasteiger partial charge >= 0.3 is 0 Å². The third kappa shape index (κ3) is 13.4. The van der Waals surface area contributed by atoms with E-state index >= 15 is 0 Å². The fraction of sp³-hybridized carbons (Fsp3) is 0.488. The summed E-state index contributed by atoms with van der Waals surface area (Å²) in [5.74, 6) is -1.01. The number of hydrogen-bond acceptors (Lipinski definition) is 7. The Bertz CT molecular complexity index is 1710. The van der Waals surface area contributed by atoms with Crippen LogP contribution in [0.5, 0.6) is 0 Å². The standard InChI is InChI=1S/C24H34N4O4.C19H28N3O2/c1-27(2,15-13-25-21(29)9-10-22(25)30)17-19-5-7-20(8-6-19)18-28(3,4)16-14-26-23(31)11-12-24(26)32;1-22(2,14-13-21-18(23)10-11-19(21)24)15-17-8-6-16(7-9-17)5-3-4-12-20/h5-10H,11-18H2,1-4H3;6-11H,3-5,12-15,20H2,1-2H3/q+2;+1. The van der Waals surface area contributed by atoms with Crippen LogP contribution in [-0.4, -0.2) is 152 Å². The maximum Gasteiger partial charge on any atom is 0.253 e. The highest BCUT2D eigenvalue weighted by Crippen LogP contribution is 2.18. The smallest absolute Gasteiger partial charge is 0.253 e. The van der Waals surface area contributed by atoms with Crippen LogP contribution in [0.2, 0.25) is 0 Å². The number of likely N-dealkylation sites (N-methyl/N-ethyl adjacent to an activating group) is 3. The number of likely N-dealkylation sites (tertiary alicyclic amines) is 1. The number of carbonyl (C=O) groups is 6. The first-order valence-electron chi connectivity index (χ1n) is 19.6. The number of amides is 6. The van der Waals surface area contributed by atoms with E-state index in [9.17, 15) is 28.8 Å². The van der Waals surface area contributed by atoms with E-state index in [0.717, 1.165) is 56.5 Å². The van der Waals surface area contributed by atoms with Gasteiger partial charge in [0.1, 0.15) is 19.6 Å². The van der Waals surface area contributed by atoms with Crippen LogP contribution in [0, 0.1) is 0 Å². The summed E-state index contributed by atoms with van der Waals surface area (Å²) in [5.41, 5.74) is 10.5. The molecule has 0 aliphatic carbocycles. The van der Waals surface area contributed by atoms with Crippen LogP contribution < -0.4 is 5.73 Å². The van der Waals surface area contributed by atoms with Crippen LogP contribution in [0.15, 0.2) is 72.8 Å². The molecule has 0 spiro atoms. The summed E-state index contributed by atoms with van der Waals surface area (Å²) in [4.78, 5) is 74.3. The van der Waals surface area contributed by atoms with Gasteiger partial charge in [0.25, 0.3) is 23.6 Å². The molecule has 0 bridgehead atoms. The van der Waals surface area contributed by atoms with E-state index in [2.05, 4.69) is 90.8 Å². The van der Waals surface area contributed by atoms with E-state index < -0.39 is 0 Å². The molecule has 56 heavy (non-hydrogen) atoms. The second-order valence-corrected chi connectivity index (χ2v) is 17.1. The second-order valence-electron chi connectivity index (χ2n) is 17.1. The quantitative estimate of drug-likeness (QED) is 0.132. The van der Waals surface area contributed by atoms with Crippen molar-refractivity contribution in [3.05, 3.63) is 95.1 Å². The number of quaternary nitrogens is 3. The highest BCUT2D eigenvalue weighted by Gasteiger charge is 2.31. The fourth-order valence-corrected chi connectivity index (χ4v) is 7.04. The van der Waals surface area contributed by atoms with E-state index in [1.165, 1.54) is 61.3 Å². The van der Waals surface area contributed by atoms with Gasteiger partial charge in [-0.2, -0.15) is 0 Å². The van der Waals surface area contributed by atoms with Crippen molar-refractivity contribution >= 4 is 35.4 Å². The van der Waals surface area contributed by atoms with Gasteiger partial charge in [-0.05, 0) is 31.4 Å². The molecule has 0 unspecified atom stereocenters. The number of carbonyl (C=O) groups excluding carboxylic acids is 6. The van der Waals surface area contributed by atoms with Gasteiger partial charge in [0.2, 0.25) is 11.8 Å². The molecule has 2 aromatic rings. The highest BCUT2D eigenvalue weighted by atomic mass is 16.2. The molecule has 302 valence electrons. The maximum absolute atomic E-state index is 11.8. The van der Waals surface area contributed by atoms with E-state index in [-0.39, 0.29) is 35.4 Å². The molecule has 0 aromatic heterocycles. The lowest BCUT2D eigenvalue weighted by atomic mass is 10.1. The molecular weight excluding hydrogens is 711 g/mol. The predicted molar refractivity (Wildman–Crippen MR) is 215 cm³/mol. The normalized spacial score (nSPS) is 16.2. The number of hydrogen-bond donors (Lipinski definition) is 1. The zero-order valence-electron chi connectivity index (χ0n) is 34.2. The van der Waals surface area contributed by atoms with E-state index in [0.29, 0.717) is 54.5 Å². The lowest BCUT2D eigenvalue weighted by Crippen LogP contribution is -2.46. The summed E-state index contributed by atoms with van der Waals surface area (Å²) in [5, 5.41) is 0. The molecule has 1 saturated heterocycles. The van der Waals surface area contributed by atoms with Crippen LogP contribution >= 0.6 is 0 Å². The Labute approximate surface area is 332 Å². The van der Waals surface area contributed by atoms with Crippen molar-refractivity contribution < 1.29 is 42.2 Å². The summed E-state index contributed by atoms with van der Waals surface area (Å²) in [6, 6.07) is 17.2. The van der Waals surface area contributed by atoms with Crippen molar-refractivity contribution in [2.45, 2.75) is 51.7 Å². The molecule has 3 aliphatic heterocycles. The van der Waals surface area contributed by atoms with Crippen molar-refractivity contribution in [1.29, 1.82) is 0 Å². The van der Waals surface area contributed by atoms with Crippen LogP contribution in [-0.2, 0) is 54.8 Å². The van der Waals surface area contributed by atoms with Gasteiger partial charge in [-0.1, -0.05) is 48.5 Å². The Kier molecular flexibility index (Phi) is 15.2. The monoisotopic (exact) mass is 772 g/mol. The Hall–Kier alpha value is -4.82. The van der Waals surface area contributed by atoms with Gasteiger partial charge in [-0.25, -0.2) is 0 Å². The largest absolute Gasteiger partial charge is 0.330 e. The van der Waals surface area contributed by atoms with Crippen LogP contribution in [0.25, 0.3) is 0 Å². The third-order valence-corrected chi connectivity index (χ3v) is 10.5. The van der Waals surface area contributed by atoms with E-state index in [1.807, 2.05) is 0 Å². The van der Waals surface area contributed by atoms with Crippen molar-refractivity contribution in [2.75, 3.05) is 88.1 Å². The van der Waals surface area contributed by atoms with Crippen molar-refractivity contribution in [3.63, 3.8) is 0 Å². The number of aryl methyl sites for hydroxylation is 1. The summed E-state index contributed by atoms with van der Waals surface area (Å²) in [7, 11) is 12.6. The van der Waals surface area contributed by atoms with E-state index in [1.54, 1.807) is 0 Å². The summed E-state index contributed by atoms with van der Waals surface area (Å²) >= 11 is 0. The zero-order valence-corrected chi connectivity index (χ0v) is 34.2. The Morgan fingerprint density at radius 1 is 0.464 bits per heavy atom. The molecule has 13 heteroatoms. The molecular formula is C43H62N7O6+3. The van der Waals surface area contributed by atoms with Gasteiger partial charge in [0.05, 0.1) is 81.6 Å². The SMILES string of the molecule is C[N+](C)(CCN1C(=O)C=CC1=O)Cc1ccc(CCCCN)cc1.C[N+](C)(CCN1C(=O)C=CC1=O)Cc1ccc(C[N+](C)(C)CCN2C(=O)CCC2=O)cc1. The maximum atomic E-state index is 11.8. The number of rotatable bonds is 19. The molecule has 13 nitrogen and oxygen atoms in total. The number of imide groups is 3. The van der Waals surface area contributed by atoms with Crippen LogP contribution in [0.1, 0.15) is 47.9 Å². The van der Waals surface area contributed by atoms with Gasteiger partial charge < -0.3 is 19.2 Å². The fourth-order valence-electron chi connectivity index (χ4n) is 7.04. The summed E-state index contributed by atoms with van der Waals surface area (Å²) in [6.07, 6.45) is 9.26. The Balaban J connectivity index is 0.000000259. The average Bonchev–Trinajstić information content (AvgIpc) is 3.76. The molecule has 0 radical (unpaired) electrons. The molecule has 1 fully saturated rings. The molecule has 3 heterocycles. The average molecular weight is 773 g/mol. The van der Waals surface area contributed by atoms with E-state index in [4.69, 9.17) is 5.73 Å². The topological polar surface area (TPSA) is 138 Å². The van der Waals surface area contributed by atoms with Gasteiger partial charge in [-0.15, -0.1) is 0 Å². The highest BCUT2D eigenvalue weighted by molar-refractivity contribution is 6.13. The van der Waals surface area contributed by atoms with Crippen LogP contribution in [0.3, 0.4) is 0 Å². The summed E-state index contributed by atoms with van der Waals surface area (Å²) < 4.78 is 2.07. The minimum absolute atomic E-state index is 0.0604. The number of unbranched alkanes of at least 4 members (excludes halogenated alkanes) is 1. The minimum atomic E-state index is -0.237. The molecule has 0 atom stereocenters. The molecule has 0 saturated carbocycles. The van der Waals surface area contributed by atoms with Gasteiger partial charge in [0.15, 0.2) is 0 Å². The Morgan fingerprint density at radius 3 is 1.09 bits per heavy atom. The van der Waals surface area contributed by atoms with Crippen molar-refractivity contribution in [3.8, 4) is 0 Å². The van der Waals surface area contributed by atoms with Gasteiger partial charge in [-0.3, -0.25) is 43.5 Å². The molecule has 2 aromatic carbocycles. The number of nitrogens with zero attached hydrogens (tertiary/aromatic N) is 6. The molecule has 2 N–H and O–H groups in total. The lowest BCUT2D eigenvalue weighted by molar-refractivity contribution is -0.903. The van der Waals surface area contributed by atoms with Gasteiger partial charge in [0, 0.05) is 53.8 Å². The van der Waals surface area contributed by atoms with Crippen molar-refractivity contribution in [2.24, 2.45) is 5.73 Å². The Morgan fingerprint density at radius 2 is 0.768 bits per heavy atom. The van der Waals surface area contributed by atoms with Crippen molar-refractivity contribution in [1.82, 2.24) is 14.7 Å². The van der Waals surface area contributed by atoms with Crippen LogP contribution in [0.4, 0.5) is 0 Å². The molecule has 6 amide bonds. The first-order chi connectivity index (χ1) is 26.4.